The first kappa shape index (κ1) is 19.9. The van der Waals surface area contributed by atoms with Gasteiger partial charge in [0.15, 0.2) is 0 Å². The summed E-state index contributed by atoms with van der Waals surface area (Å²) in [5.74, 6) is -1.23. The number of benzene rings is 1. The van der Waals surface area contributed by atoms with E-state index in [1.165, 1.54) is 27.2 Å². The molecule has 0 aliphatic carbocycles. The molecule has 0 aliphatic rings. The number of methoxy groups -OCH3 is 2. The first-order valence-electron chi connectivity index (χ1n) is 7.31. The van der Waals surface area contributed by atoms with Crippen molar-refractivity contribution < 1.29 is 32.6 Å². The molecular formula is C15H16N4O7S. The molecule has 0 radical (unpaired) electrons. The minimum absolute atomic E-state index is 0.0460. The number of carboxylic acids is 1. The fraction of sp³-hybridized carbons (Fsp3) is 0.200. The zero-order valence-electron chi connectivity index (χ0n) is 14.5. The Morgan fingerprint density at radius 2 is 1.67 bits per heavy atom. The molecule has 0 unspecified atom stereocenters. The number of carbonyl (C=O) groups is 2. The molecule has 144 valence electrons. The lowest BCUT2D eigenvalue weighted by Crippen LogP contribution is -2.35. The second-order valence-corrected chi connectivity index (χ2v) is 6.80. The first-order valence-corrected chi connectivity index (χ1v) is 8.79. The fourth-order valence-electron chi connectivity index (χ4n) is 2.02. The molecule has 0 bridgehead atoms. The standard InChI is InChI=1S/C15H16N4O7S/c1-8-6-9(4-5-10(8)13(20)21)27(23,24)19-15(22)18-14-16-11(25-2)7-12(17-14)26-3/h4-7H,1-3H3,(H,20,21)(H2,16,17,18,19,22). The summed E-state index contributed by atoms with van der Waals surface area (Å²) in [7, 11) is -1.56. The molecule has 2 aromatic rings. The number of sulfonamides is 1. The van der Waals surface area contributed by atoms with E-state index in [0.29, 0.717) is 0 Å². The highest BCUT2D eigenvalue weighted by Crippen LogP contribution is 2.18. The molecule has 0 saturated heterocycles. The van der Waals surface area contributed by atoms with Crippen molar-refractivity contribution in [1.82, 2.24) is 14.7 Å². The molecule has 1 heterocycles. The summed E-state index contributed by atoms with van der Waals surface area (Å²) in [4.78, 5) is 30.4. The predicted octanol–water partition coefficient (Wildman–Crippen LogP) is 1.01. The van der Waals surface area contributed by atoms with Crippen LogP contribution in [-0.4, -0.2) is 49.7 Å². The zero-order chi connectivity index (χ0) is 20.2. The van der Waals surface area contributed by atoms with E-state index in [1.807, 2.05) is 0 Å². The van der Waals surface area contributed by atoms with Crippen LogP contribution < -0.4 is 19.5 Å². The van der Waals surface area contributed by atoms with Crippen molar-refractivity contribution >= 4 is 28.0 Å². The number of aryl methyl sites for hydroxylation is 1. The van der Waals surface area contributed by atoms with Crippen LogP contribution in [0.4, 0.5) is 10.7 Å². The molecule has 3 N–H and O–H groups in total. The maximum Gasteiger partial charge on any atom is 0.335 e. The van der Waals surface area contributed by atoms with Crippen LogP contribution in [-0.2, 0) is 10.0 Å². The van der Waals surface area contributed by atoms with Gasteiger partial charge in [-0.05, 0) is 30.7 Å². The van der Waals surface area contributed by atoms with Crippen molar-refractivity contribution in [3.05, 3.63) is 35.4 Å². The third-order valence-corrected chi connectivity index (χ3v) is 4.62. The lowest BCUT2D eigenvalue weighted by molar-refractivity contribution is 0.0696. The number of nitrogens with zero attached hydrogens (tertiary/aromatic N) is 2. The molecular weight excluding hydrogens is 380 g/mol. The Hall–Kier alpha value is -3.41. The van der Waals surface area contributed by atoms with E-state index in [4.69, 9.17) is 14.6 Å². The highest BCUT2D eigenvalue weighted by atomic mass is 32.2. The van der Waals surface area contributed by atoms with Crippen LogP contribution in [0.25, 0.3) is 0 Å². The third kappa shape index (κ3) is 4.82. The summed E-state index contributed by atoms with van der Waals surface area (Å²) < 4.78 is 36.2. The van der Waals surface area contributed by atoms with E-state index in [1.54, 1.807) is 4.72 Å². The first-order chi connectivity index (χ1) is 12.7. The topological polar surface area (TPSA) is 157 Å². The number of aromatic carboxylic acids is 1. The van der Waals surface area contributed by atoms with Gasteiger partial charge in [-0.25, -0.2) is 22.7 Å². The molecule has 27 heavy (non-hydrogen) atoms. The van der Waals surface area contributed by atoms with Crippen LogP contribution in [0.1, 0.15) is 15.9 Å². The molecule has 11 nitrogen and oxygen atoms in total. The van der Waals surface area contributed by atoms with E-state index >= 15 is 0 Å². The number of nitrogens with one attached hydrogen (secondary N) is 2. The molecule has 0 fully saturated rings. The van der Waals surface area contributed by atoms with Gasteiger partial charge >= 0.3 is 12.0 Å². The number of rotatable bonds is 6. The van der Waals surface area contributed by atoms with Gasteiger partial charge in [0, 0.05) is 0 Å². The second kappa shape index (κ2) is 7.86. The van der Waals surface area contributed by atoms with Crippen molar-refractivity contribution in [2.24, 2.45) is 0 Å². The number of aromatic nitrogens is 2. The van der Waals surface area contributed by atoms with Gasteiger partial charge in [0.25, 0.3) is 10.0 Å². The Bertz CT molecular complexity index is 969. The van der Waals surface area contributed by atoms with Crippen LogP contribution >= 0.6 is 0 Å². The molecule has 1 aromatic heterocycles. The normalized spacial score (nSPS) is 10.8. The summed E-state index contributed by atoms with van der Waals surface area (Å²) in [5, 5.41) is 11.1. The zero-order valence-corrected chi connectivity index (χ0v) is 15.3. The molecule has 0 atom stereocenters. The highest BCUT2D eigenvalue weighted by molar-refractivity contribution is 7.90. The number of carboxylic acid groups (broad SMARTS) is 1. The molecule has 0 spiro atoms. The van der Waals surface area contributed by atoms with E-state index in [9.17, 15) is 18.0 Å². The van der Waals surface area contributed by atoms with Crippen LogP contribution in [0.5, 0.6) is 11.8 Å². The Balaban J connectivity index is 2.19. The number of amides is 2. The SMILES string of the molecule is COc1cc(OC)nc(NC(=O)NS(=O)(=O)c2ccc(C(=O)O)c(C)c2)n1. The van der Waals surface area contributed by atoms with Crippen LogP contribution in [0.15, 0.2) is 29.2 Å². The molecule has 0 saturated carbocycles. The molecule has 12 heteroatoms. The largest absolute Gasteiger partial charge is 0.481 e. The number of carbonyl (C=O) groups excluding carboxylic acids is 1. The van der Waals surface area contributed by atoms with Crippen molar-refractivity contribution in [2.45, 2.75) is 11.8 Å². The summed E-state index contributed by atoms with van der Waals surface area (Å²) in [5.41, 5.74) is 0.182. The smallest absolute Gasteiger partial charge is 0.335 e. The number of ether oxygens (including phenoxy) is 2. The summed E-state index contributed by atoms with van der Waals surface area (Å²) in [6.45, 7) is 1.44. The van der Waals surface area contributed by atoms with E-state index in [2.05, 4.69) is 15.3 Å². The number of hydrogen-bond acceptors (Lipinski definition) is 8. The van der Waals surface area contributed by atoms with E-state index < -0.39 is 22.0 Å². The van der Waals surface area contributed by atoms with Crippen molar-refractivity contribution in [3.63, 3.8) is 0 Å². The maximum absolute atomic E-state index is 12.3. The van der Waals surface area contributed by atoms with Crippen LogP contribution in [0.2, 0.25) is 0 Å². The van der Waals surface area contributed by atoms with Gasteiger partial charge in [-0.15, -0.1) is 0 Å². The Morgan fingerprint density at radius 3 is 2.15 bits per heavy atom. The van der Waals surface area contributed by atoms with Gasteiger partial charge in [0.1, 0.15) is 0 Å². The monoisotopic (exact) mass is 396 g/mol. The summed E-state index contributed by atoms with van der Waals surface area (Å²) >= 11 is 0. The van der Waals surface area contributed by atoms with Gasteiger partial charge in [0.2, 0.25) is 17.7 Å². The third-order valence-electron chi connectivity index (χ3n) is 3.29. The molecule has 2 rings (SSSR count). The fourth-order valence-corrected chi connectivity index (χ4v) is 3.01. The molecule has 2 amide bonds. The van der Waals surface area contributed by atoms with E-state index in [0.717, 1.165) is 18.2 Å². The van der Waals surface area contributed by atoms with E-state index in [-0.39, 0.29) is 33.7 Å². The summed E-state index contributed by atoms with van der Waals surface area (Å²) in [6, 6.07) is 3.61. The van der Waals surface area contributed by atoms with Gasteiger partial charge in [-0.3, -0.25) is 5.32 Å². The quantitative estimate of drug-likeness (QED) is 0.648. The lowest BCUT2D eigenvalue weighted by atomic mass is 10.1. The Labute approximate surface area is 154 Å². The maximum atomic E-state index is 12.3. The Morgan fingerprint density at radius 1 is 1.07 bits per heavy atom. The van der Waals surface area contributed by atoms with Crippen molar-refractivity contribution in [1.29, 1.82) is 0 Å². The average Bonchev–Trinajstić information content (AvgIpc) is 2.60. The van der Waals surface area contributed by atoms with Crippen molar-refractivity contribution in [2.75, 3.05) is 19.5 Å². The molecule has 1 aromatic carbocycles. The van der Waals surface area contributed by atoms with Gasteiger partial charge < -0.3 is 14.6 Å². The second-order valence-electron chi connectivity index (χ2n) is 5.12. The van der Waals surface area contributed by atoms with Crippen LogP contribution in [0.3, 0.4) is 0 Å². The van der Waals surface area contributed by atoms with Gasteiger partial charge in [-0.2, -0.15) is 9.97 Å². The van der Waals surface area contributed by atoms with Crippen LogP contribution in [0, 0.1) is 6.92 Å². The molecule has 0 aliphatic heterocycles. The number of hydrogen-bond donors (Lipinski definition) is 3. The highest BCUT2D eigenvalue weighted by Gasteiger charge is 2.20. The predicted molar refractivity (Wildman–Crippen MR) is 92.6 cm³/mol. The lowest BCUT2D eigenvalue weighted by Gasteiger charge is -2.10. The van der Waals surface area contributed by atoms with Crippen molar-refractivity contribution in [3.8, 4) is 11.8 Å². The minimum atomic E-state index is -4.25. The average molecular weight is 396 g/mol. The Kier molecular flexibility index (Phi) is 5.80. The van der Waals surface area contributed by atoms with Gasteiger partial charge in [-0.1, -0.05) is 0 Å². The number of anilines is 1. The number of urea groups is 1. The summed E-state index contributed by atoms with van der Waals surface area (Å²) in [6.07, 6.45) is 0. The van der Waals surface area contributed by atoms with Gasteiger partial charge in [0.05, 0.1) is 30.7 Å². The minimum Gasteiger partial charge on any atom is -0.481 e.